The molecular formula is C19H24ClN3O. The van der Waals surface area contributed by atoms with Crippen LogP contribution in [0.4, 0.5) is 0 Å². The molecule has 2 aliphatic rings. The van der Waals surface area contributed by atoms with Gasteiger partial charge in [-0.2, -0.15) is 0 Å². The largest absolute Gasteiger partial charge is 0.381 e. The highest BCUT2D eigenvalue weighted by atomic mass is 35.5. The Balaban J connectivity index is 1.37. The van der Waals surface area contributed by atoms with Gasteiger partial charge >= 0.3 is 0 Å². The van der Waals surface area contributed by atoms with Gasteiger partial charge in [-0.25, -0.2) is 4.98 Å². The van der Waals surface area contributed by atoms with Crippen LogP contribution in [0.2, 0.25) is 5.02 Å². The van der Waals surface area contributed by atoms with E-state index >= 15 is 0 Å². The summed E-state index contributed by atoms with van der Waals surface area (Å²) in [4.78, 5) is 9.92. The molecule has 0 saturated carbocycles. The molecule has 1 aromatic carbocycles. The van der Waals surface area contributed by atoms with E-state index in [1.165, 1.54) is 12.8 Å². The lowest BCUT2D eigenvalue weighted by atomic mass is 10.1. The quantitative estimate of drug-likeness (QED) is 0.854. The van der Waals surface area contributed by atoms with Crippen molar-refractivity contribution in [3.63, 3.8) is 0 Å². The topological polar surface area (TPSA) is 28.6 Å². The van der Waals surface area contributed by atoms with Crippen LogP contribution in [-0.4, -0.2) is 60.2 Å². The van der Waals surface area contributed by atoms with Crippen LogP contribution in [0.15, 0.2) is 30.3 Å². The summed E-state index contributed by atoms with van der Waals surface area (Å²) in [6.45, 7) is 7.28. The summed E-state index contributed by atoms with van der Waals surface area (Å²) in [5.74, 6) is 0. The third-order valence-electron chi connectivity index (χ3n) is 5.23. The zero-order chi connectivity index (χ0) is 16.4. The van der Waals surface area contributed by atoms with Crippen molar-refractivity contribution < 1.29 is 4.74 Å². The average Bonchev–Trinajstić information content (AvgIpc) is 2.64. The first-order chi connectivity index (χ1) is 11.8. The van der Waals surface area contributed by atoms with Gasteiger partial charge in [0.2, 0.25) is 0 Å². The van der Waals surface area contributed by atoms with Crippen molar-refractivity contribution >= 4 is 22.5 Å². The van der Waals surface area contributed by atoms with Crippen molar-refractivity contribution in [2.75, 3.05) is 39.4 Å². The maximum Gasteiger partial charge on any atom is 0.0891 e. The molecule has 1 aromatic heterocycles. The third kappa shape index (κ3) is 3.57. The molecule has 0 amide bonds. The van der Waals surface area contributed by atoms with Crippen LogP contribution in [0.25, 0.3) is 10.9 Å². The molecule has 0 radical (unpaired) electrons. The molecule has 0 unspecified atom stereocenters. The van der Waals surface area contributed by atoms with Gasteiger partial charge in [-0.05, 0) is 25.0 Å². The molecule has 5 heteroatoms. The lowest BCUT2D eigenvalue weighted by Gasteiger charge is -2.40. The Morgan fingerprint density at radius 2 is 1.83 bits per heavy atom. The fourth-order valence-electron chi connectivity index (χ4n) is 3.81. The van der Waals surface area contributed by atoms with E-state index < -0.39 is 0 Å². The number of pyridine rings is 1. The number of para-hydroxylation sites is 1. The van der Waals surface area contributed by atoms with Crippen molar-refractivity contribution in [2.24, 2.45) is 0 Å². The van der Waals surface area contributed by atoms with Gasteiger partial charge in [0, 0.05) is 57.4 Å². The van der Waals surface area contributed by atoms with Gasteiger partial charge in [0.25, 0.3) is 0 Å². The molecule has 2 fully saturated rings. The fraction of sp³-hybridized carbons (Fsp3) is 0.526. The van der Waals surface area contributed by atoms with Crippen LogP contribution in [0.3, 0.4) is 0 Å². The average molecular weight is 346 g/mol. The van der Waals surface area contributed by atoms with Crippen molar-refractivity contribution in [1.82, 2.24) is 14.8 Å². The zero-order valence-electron chi connectivity index (χ0n) is 14.0. The van der Waals surface area contributed by atoms with Gasteiger partial charge in [-0.15, -0.1) is 0 Å². The molecule has 4 nitrogen and oxygen atoms in total. The number of nitrogens with zero attached hydrogens (tertiary/aromatic N) is 3. The molecule has 2 saturated heterocycles. The zero-order valence-corrected chi connectivity index (χ0v) is 14.7. The minimum absolute atomic E-state index is 0.721. The van der Waals surface area contributed by atoms with Gasteiger partial charge in [0.15, 0.2) is 0 Å². The van der Waals surface area contributed by atoms with E-state index in [2.05, 4.69) is 28.0 Å². The Bertz CT molecular complexity index is 694. The molecule has 0 aliphatic carbocycles. The lowest BCUT2D eigenvalue weighted by Crippen LogP contribution is -2.51. The highest BCUT2D eigenvalue weighted by Crippen LogP contribution is 2.22. The second kappa shape index (κ2) is 7.36. The molecule has 0 N–H and O–H groups in total. The number of hydrogen-bond donors (Lipinski definition) is 0. The van der Waals surface area contributed by atoms with E-state index in [-0.39, 0.29) is 0 Å². The first-order valence-corrected chi connectivity index (χ1v) is 9.26. The number of hydrogen-bond acceptors (Lipinski definition) is 4. The van der Waals surface area contributed by atoms with Crippen LogP contribution >= 0.6 is 11.6 Å². The molecule has 2 aliphatic heterocycles. The second-order valence-corrected chi connectivity index (χ2v) is 7.18. The number of benzene rings is 1. The third-order valence-corrected chi connectivity index (χ3v) is 5.53. The van der Waals surface area contributed by atoms with Crippen molar-refractivity contribution in [3.05, 3.63) is 41.0 Å². The predicted octanol–water partition coefficient (Wildman–Crippen LogP) is 3.18. The number of rotatable bonds is 3. The summed E-state index contributed by atoms with van der Waals surface area (Å²) in [6, 6.07) is 10.9. The summed E-state index contributed by atoms with van der Waals surface area (Å²) in [5, 5.41) is 1.84. The highest BCUT2D eigenvalue weighted by Gasteiger charge is 2.25. The summed E-state index contributed by atoms with van der Waals surface area (Å²) in [6.07, 6.45) is 2.37. The van der Waals surface area contributed by atoms with Crippen LogP contribution in [0, 0.1) is 0 Å². The molecule has 128 valence electrons. The standard InChI is InChI=1S/C19H24ClN3O/c20-18-3-1-2-15-4-5-16(21-19(15)18)14-22-8-10-23(11-9-22)17-6-12-24-13-7-17/h1-5,17H,6-14H2. The summed E-state index contributed by atoms with van der Waals surface area (Å²) in [7, 11) is 0. The first-order valence-electron chi connectivity index (χ1n) is 8.88. The predicted molar refractivity (Wildman–Crippen MR) is 97.4 cm³/mol. The van der Waals surface area contributed by atoms with Crippen LogP contribution in [0.5, 0.6) is 0 Å². The SMILES string of the molecule is Clc1cccc2ccc(CN3CCN(C4CCOCC4)CC3)nc12. The molecule has 4 rings (SSSR count). The van der Waals surface area contributed by atoms with E-state index in [0.717, 1.165) is 73.6 Å². The summed E-state index contributed by atoms with van der Waals surface area (Å²) >= 11 is 6.28. The Labute approximate surface area is 148 Å². The monoisotopic (exact) mass is 345 g/mol. The van der Waals surface area contributed by atoms with E-state index in [4.69, 9.17) is 21.3 Å². The van der Waals surface area contributed by atoms with Crippen LogP contribution in [0.1, 0.15) is 18.5 Å². The van der Waals surface area contributed by atoms with Gasteiger partial charge < -0.3 is 4.74 Å². The number of ether oxygens (including phenoxy) is 1. The van der Waals surface area contributed by atoms with E-state index in [9.17, 15) is 0 Å². The number of piperazine rings is 1. The highest BCUT2D eigenvalue weighted by molar-refractivity contribution is 6.35. The van der Waals surface area contributed by atoms with Gasteiger partial charge in [-0.1, -0.05) is 29.8 Å². The fourth-order valence-corrected chi connectivity index (χ4v) is 4.03. The Morgan fingerprint density at radius 1 is 1.04 bits per heavy atom. The maximum atomic E-state index is 6.28. The summed E-state index contributed by atoms with van der Waals surface area (Å²) < 4.78 is 5.48. The first kappa shape index (κ1) is 16.3. The Hall–Kier alpha value is -1.20. The van der Waals surface area contributed by atoms with Crippen molar-refractivity contribution in [3.8, 4) is 0 Å². The molecule has 0 bridgehead atoms. The number of aromatic nitrogens is 1. The molecular weight excluding hydrogens is 322 g/mol. The molecule has 0 spiro atoms. The van der Waals surface area contributed by atoms with E-state index in [0.29, 0.717) is 0 Å². The lowest BCUT2D eigenvalue weighted by molar-refractivity contribution is 0.0124. The van der Waals surface area contributed by atoms with Crippen molar-refractivity contribution in [2.45, 2.75) is 25.4 Å². The smallest absolute Gasteiger partial charge is 0.0891 e. The van der Waals surface area contributed by atoms with Crippen molar-refractivity contribution in [1.29, 1.82) is 0 Å². The Morgan fingerprint density at radius 3 is 2.62 bits per heavy atom. The summed E-state index contributed by atoms with van der Waals surface area (Å²) in [5.41, 5.74) is 2.02. The molecule has 24 heavy (non-hydrogen) atoms. The van der Waals surface area contributed by atoms with Crippen LogP contribution < -0.4 is 0 Å². The Kier molecular flexibility index (Phi) is 4.99. The minimum Gasteiger partial charge on any atom is -0.381 e. The van der Waals surface area contributed by atoms with E-state index in [1.54, 1.807) is 0 Å². The molecule has 0 atom stereocenters. The normalized spacial score (nSPS) is 21.4. The number of halogens is 1. The minimum atomic E-state index is 0.721. The van der Waals surface area contributed by atoms with Crippen LogP contribution in [-0.2, 0) is 11.3 Å². The van der Waals surface area contributed by atoms with Gasteiger partial charge in [0.1, 0.15) is 0 Å². The second-order valence-electron chi connectivity index (χ2n) is 6.77. The van der Waals surface area contributed by atoms with Gasteiger partial charge in [0.05, 0.1) is 16.2 Å². The number of fused-ring (bicyclic) bond motifs is 1. The molecule has 3 heterocycles. The maximum absolute atomic E-state index is 6.28. The van der Waals surface area contributed by atoms with Gasteiger partial charge in [-0.3, -0.25) is 9.80 Å². The molecule has 2 aromatic rings. The van der Waals surface area contributed by atoms with E-state index in [1.807, 2.05) is 12.1 Å².